The average molecular weight is 273 g/mol. The fourth-order valence-corrected chi connectivity index (χ4v) is 2.34. The Hall–Kier alpha value is -1.21. The maximum Gasteiger partial charge on any atom is 0.290 e. The van der Waals surface area contributed by atoms with Crippen LogP contribution in [-0.4, -0.2) is 47.7 Å². The van der Waals surface area contributed by atoms with Gasteiger partial charge < -0.3 is 10.2 Å². The van der Waals surface area contributed by atoms with E-state index in [9.17, 15) is 13.6 Å². The summed E-state index contributed by atoms with van der Waals surface area (Å²) in [5.41, 5.74) is 0.254. The van der Waals surface area contributed by atoms with Crippen molar-refractivity contribution in [3.63, 3.8) is 0 Å². The Kier molecular flexibility index (Phi) is 4.48. The molecule has 0 radical (unpaired) electrons. The molecule has 0 unspecified atom stereocenters. The number of alkyl halides is 2. The zero-order chi connectivity index (χ0) is 13.0. The molecule has 1 fully saturated rings. The Morgan fingerprint density at radius 3 is 2.83 bits per heavy atom. The number of thioether (sulfide) groups is 1. The summed E-state index contributed by atoms with van der Waals surface area (Å²) in [5, 5.41) is 3.23. The van der Waals surface area contributed by atoms with Crippen molar-refractivity contribution >= 4 is 17.7 Å². The van der Waals surface area contributed by atoms with Gasteiger partial charge in [-0.2, -0.15) is 8.78 Å². The predicted molar refractivity (Wildman–Crippen MR) is 64.9 cm³/mol. The van der Waals surface area contributed by atoms with Gasteiger partial charge in [0, 0.05) is 32.4 Å². The van der Waals surface area contributed by atoms with E-state index in [-0.39, 0.29) is 16.5 Å². The number of amides is 1. The molecular weight excluding hydrogens is 260 g/mol. The van der Waals surface area contributed by atoms with Crippen LogP contribution in [0.2, 0.25) is 0 Å². The van der Waals surface area contributed by atoms with Gasteiger partial charge >= 0.3 is 0 Å². The maximum atomic E-state index is 12.4. The molecule has 0 spiro atoms. The number of nitrogens with one attached hydrogen (secondary N) is 1. The molecule has 1 saturated heterocycles. The van der Waals surface area contributed by atoms with E-state index >= 15 is 0 Å². The van der Waals surface area contributed by atoms with E-state index < -0.39 is 5.76 Å². The lowest BCUT2D eigenvalue weighted by atomic mass is 10.2. The fraction of sp³-hybridized carbons (Fsp3) is 0.455. The van der Waals surface area contributed by atoms with Crippen LogP contribution >= 0.6 is 11.8 Å². The Morgan fingerprint density at radius 2 is 2.17 bits per heavy atom. The minimum Gasteiger partial charge on any atom is -0.336 e. The van der Waals surface area contributed by atoms with Crippen LogP contribution < -0.4 is 5.32 Å². The molecule has 2 heterocycles. The summed E-state index contributed by atoms with van der Waals surface area (Å²) in [6.07, 6.45) is 1.42. The molecule has 4 nitrogen and oxygen atoms in total. The second-order valence-corrected chi connectivity index (χ2v) is 4.76. The Morgan fingerprint density at radius 1 is 1.44 bits per heavy atom. The summed E-state index contributed by atoms with van der Waals surface area (Å²) in [6, 6.07) is 3.13. The first kappa shape index (κ1) is 13.2. The standard InChI is InChI=1S/C11H13F2N3OS/c12-11(13)18-9-8(2-1-3-15-9)10(17)16-6-4-14-5-7-16/h1-3,11,14H,4-7H2. The van der Waals surface area contributed by atoms with Gasteiger partial charge in [0.1, 0.15) is 5.03 Å². The van der Waals surface area contributed by atoms with Crippen molar-refractivity contribution in [1.82, 2.24) is 15.2 Å². The normalized spacial score (nSPS) is 16.1. The van der Waals surface area contributed by atoms with Gasteiger partial charge in [-0.05, 0) is 23.9 Å². The van der Waals surface area contributed by atoms with Gasteiger partial charge in [-0.1, -0.05) is 0 Å². The molecule has 18 heavy (non-hydrogen) atoms. The lowest BCUT2D eigenvalue weighted by molar-refractivity contribution is 0.0731. The third-order valence-corrected chi connectivity index (χ3v) is 3.33. The molecule has 2 rings (SSSR count). The molecule has 0 aliphatic carbocycles. The van der Waals surface area contributed by atoms with Gasteiger partial charge in [0.15, 0.2) is 0 Å². The molecule has 1 aliphatic rings. The first-order valence-electron chi connectivity index (χ1n) is 5.58. The number of nitrogens with zero attached hydrogens (tertiary/aromatic N) is 2. The van der Waals surface area contributed by atoms with Crippen molar-refractivity contribution in [1.29, 1.82) is 0 Å². The van der Waals surface area contributed by atoms with Gasteiger partial charge in [-0.15, -0.1) is 0 Å². The van der Waals surface area contributed by atoms with E-state index in [0.29, 0.717) is 24.9 Å². The topological polar surface area (TPSA) is 45.2 Å². The van der Waals surface area contributed by atoms with E-state index in [1.807, 2.05) is 0 Å². The summed E-state index contributed by atoms with van der Waals surface area (Å²) >= 11 is 0.310. The number of carbonyl (C=O) groups excluding carboxylic acids is 1. The van der Waals surface area contributed by atoms with Gasteiger partial charge in [0.25, 0.3) is 11.7 Å². The number of hydrogen-bond acceptors (Lipinski definition) is 4. The Labute approximate surface area is 108 Å². The largest absolute Gasteiger partial charge is 0.336 e. The van der Waals surface area contributed by atoms with Crippen LogP contribution in [0.1, 0.15) is 10.4 Å². The minimum atomic E-state index is -2.57. The average Bonchev–Trinajstić information content (AvgIpc) is 2.39. The summed E-state index contributed by atoms with van der Waals surface area (Å²) in [4.78, 5) is 17.7. The van der Waals surface area contributed by atoms with Crippen molar-refractivity contribution in [2.45, 2.75) is 10.8 Å². The molecule has 1 amide bonds. The zero-order valence-electron chi connectivity index (χ0n) is 9.60. The van der Waals surface area contributed by atoms with Crippen molar-refractivity contribution in [2.75, 3.05) is 26.2 Å². The number of piperazine rings is 1. The first-order valence-corrected chi connectivity index (χ1v) is 6.46. The molecular formula is C11H13F2N3OS. The van der Waals surface area contributed by atoms with Crippen LogP contribution in [0.5, 0.6) is 0 Å². The molecule has 0 saturated carbocycles. The molecule has 0 aromatic carbocycles. The molecule has 0 bridgehead atoms. The highest BCUT2D eigenvalue weighted by Crippen LogP contribution is 2.27. The van der Waals surface area contributed by atoms with Crippen molar-refractivity contribution < 1.29 is 13.6 Å². The SMILES string of the molecule is O=C(c1cccnc1SC(F)F)N1CCNCC1. The van der Waals surface area contributed by atoms with Crippen LogP contribution in [-0.2, 0) is 0 Å². The van der Waals surface area contributed by atoms with Crippen LogP contribution in [0, 0.1) is 0 Å². The Balaban J connectivity index is 2.18. The second kappa shape index (κ2) is 6.10. The zero-order valence-corrected chi connectivity index (χ0v) is 10.4. The van der Waals surface area contributed by atoms with Crippen LogP contribution in [0.4, 0.5) is 8.78 Å². The number of pyridine rings is 1. The number of halogens is 2. The highest BCUT2D eigenvalue weighted by atomic mass is 32.2. The van der Waals surface area contributed by atoms with E-state index in [4.69, 9.17) is 0 Å². The smallest absolute Gasteiger partial charge is 0.290 e. The van der Waals surface area contributed by atoms with E-state index in [2.05, 4.69) is 10.3 Å². The highest BCUT2D eigenvalue weighted by molar-refractivity contribution is 7.99. The second-order valence-electron chi connectivity index (χ2n) is 3.78. The third-order valence-electron chi connectivity index (χ3n) is 2.61. The number of aromatic nitrogens is 1. The number of rotatable bonds is 3. The molecule has 98 valence electrons. The molecule has 1 N–H and O–H groups in total. The van der Waals surface area contributed by atoms with Crippen molar-refractivity contribution in [3.05, 3.63) is 23.9 Å². The highest BCUT2D eigenvalue weighted by Gasteiger charge is 2.22. The monoisotopic (exact) mass is 273 g/mol. The summed E-state index contributed by atoms with van der Waals surface area (Å²) in [7, 11) is 0. The third kappa shape index (κ3) is 3.17. The van der Waals surface area contributed by atoms with Crippen molar-refractivity contribution in [3.8, 4) is 0 Å². The first-order chi connectivity index (χ1) is 8.68. The molecule has 1 aromatic rings. The number of carbonyl (C=O) groups is 1. The van der Waals surface area contributed by atoms with E-state index in [0.717, 1.165) is 13.1 Å². The summed E-state index contributed by atoms with van der Waals surface area (Å²) in [5.74, 6) is -2.80. The maximum absolute atomic E-state index is 12.4. The quantitative estimate of drug-likeness (QED) is 0.847. The fourth-order valence-electron chi connectivity index (χ4n) is 1.77. The summed E-state index contributed by atoms with van der Waals surface area (Å²) < 4.78 is 24.8. The van der Waals surface area contributed by atoms with Crippen LogP contribution in [0.3, 0.4) is 0 Å². The van der Waals surface area contributed by atoms with Gasteiger partial charge in [-0.3, -0.25) is 4.79 Å². The van der Waals surface area contributed by atoms with Crippen LogP contribution in [0.15, 0.2) is 23.4 Å². The summed E-state index contributed by atoms with van der Waals surface area (Å²) in [6.45, 7) is 2.63. The predicted octanol–water partition coefficient (Wildman–Crippen LogP) is 1.44. The lowest BCUT2D eigenvalue weighted by Gasteiger charge is -2.27. The minimum absolute atomic E-state index is 0.0935. The van der Waals surface area contributed by atoms with Crippen molar-refractivity contribution in [2.24, 2.45) is 0 Å². The number of hydrogen-bond donors (Lipinski definition) is 1. The van der Waals surface area contributed by atoms with Gasteiger partial charge in [0.2, 0.25) is 0 Å². The molecule has 1 aromatic heterocycles. The molecule has 0 atom stereocenters. The van der Waals surface area contributed by atoms with Gasteiger partial charge in [-0.25, -0.2) is 4.98 Å². The van der Waals surface area contributed by atoms with Gasteiger partial charge in [0.05, 0.1) is 5.56 Å². The molecule has 1 aliphatic heterocycles. The molecule has 7 heteroatoms. The lowest BCUT2D eigenvalue weighted by Crippen LogP contribution is -2.46. The van der Waals surface area contributed by atoms with E-state index in [1.54, 1.807) is 17.0 Å². The van der Waals surface area contributed by atoms with Crippen LogP contribution in [0.25, 0.3) is 0 Å². The van der Waals surface area contributed by atoms with E-state index in [1.165, 1.54) is 6.20 Å². The Bertz CT molecular complexity index is 425.